The van der Waals surface area contributed by atoms with E-state index in [1.54, 1.807) is 0 Å². The van der Waals surface area contributed by atoms with Gasteiger partial charge in [0.2, 0.25) is 0 Å². The topological polar surface area (TPSA) is 65.6 Å². The van der Waals surface area contributed by atoms with Crippen molar-refractivity contribution in [2.75, 3.05) is 44.2 Å². The highest BCUT2D eigenvalue weighted by molar-refractivity contribution is 5.65. The molecule has 0 spiro atoms. The molecule has 0 radical (unpaired) electrons. The Morgan fingerprint density at radius 2 is 1.65 bits per heavy atom. The van der Waals surface area contributed by atoms with Crippen molar-refractivity contribution in [3.63, 3.8) is 0 Å². The molecule has 1 aliphatic carbocycles. The van der Waals surface area contributed by atoms with Gasteiger partial charge in [0.25, 0.3) is 0 Å². The first-order valence-corrected chi connectivity index (χ1v) is 11.7. The van der Waals surface area contributed by atoms with Crippen molar-refractivity contribution >= 4 is 5.82 Å². The predicted molar refractivity (Wildman–Crippen MR) is 129 cm³/mol. The third kappa shape index (κ3) is 4.64. The second-order valence-corrected chi connectivity index (χ2v) is 10.6. The van der Waals surface area contributed by atoms with E-state index >= 15 is 0 Å². The van der Waals surface area contributed by atoms with Crippen molar-refractivity contribution in [1.82, 2.24) is 9.88 Å². The number of anilines is 1. The van der Waals surface area contributed by atoms with Gasteiger partial charge in [-0.2, -0.15) is 0 Å². The molecule has 0 saturated carbocycles. The Morgan fingerprint density at radius 3 is 2.32 bits per heavy atom. The summed E-state index contributed by atoms with van der Waals surface area (Å²) < 4.78 is 0. The molecule has 1 atom stereocenters. The summed E-state index contributed by atoms with van der Waals surface area (Å²) in [5.41, 5.74) is 11.5. The van der Waals surface area contributed by atoms with Crippen molar-refractivity contribution in [3.8, 4) is 11.3 Å². The zero-order valence-electron chi connectivity index (χ0n) is 19.6. The van der Waals surface area contributed by atoms with Crippen LogP contribution in [0, 0.1) is 0 Å². The molecule has 5 heteroatoms. The van der Waals surface area contributed by atoms with Crippen LogP contribution in [0.4, 0.5) is 5.82 Å². The Hall–Kier alpha value is -1.95. The molecular weight excluding hydrogens is 384 g/mol. The number of hydrogen-bond donors (Lipinski definition) is 2. The molecule has 1 unspecified atom stereocenters. The summed E-state index contributed by atoms with van der Waals surface area (Å²) in [4.78, 5) is 9.73. The molecule has 1 fully saturated rings. The molecule has 168 valence electrons. The molecule has 0 amide bonds. The molecular formula is C26H38N4O. The highest BCUT2D eigenvalue weighted by Crippen LogP contribution is 2.46. The fraction of sp³-hybridized carbons (Fsp3) is 0.577. The molecule has 1 aromatic heterocycles. The van der Waals surface area contributed by atoms with Gasteiger partial charge < -0.3 is 15.7 Å². The zero-order valence-corrected chi connectivity index (χ0v) is 19.6. The van der Waals surface area contributed by atoms with E-state index < -0.39 is 0 Å². The van der Waals surface area contributed by atoms with Crippen LogP contribution in [-0.2, 0) is 10.8 Å². The first kappa shape index (κ1) is 22.3. The van der Waals surface area contributed by atoms with E-state index in [4.69, 9.17) is 10.7 Å². The van der Waals surface area contributed by atoms with Crippen LogP contribution in [0.5, 0.6) is 0 Å². The number of fused-ring (bicyclic) bond motifs is 1. The number of nitrogens with two attached hydrogens (primary N) is 1. The minimum Gasteiger partial charge on any atom is -0.395 e. The number of benzene rings is 1. The van der Waals surface area contributed by atoms with E-state index in [-0.39, 0.29) is 23.5 Å². The van der Waals surface area contributed by atoms with Crippen LogP contribution >= 0.6 is 0 Å². The Labute approximate surface area is 187 Å². The van der Waals surface area contributed by atoms with E-state index in [2.05, 4.69) is 73.9 Å². The van der Waals surface area contributed by atoms with E-state index in [9.17, 15) is 5.11 Å². The first-order valence-electron chi connectivity index (χ1n) is 11.7. The van der Waals surface area contributed by atoms with Gasteiger partial charge in [0.15, 0.2) is 0 Å². The Bertz CT molecular complexity index is 915. The summed E-state index contributed by atoms with van der Waals surface area (Å²) in [7, 11) is 0. The predicted octanol–water partition coefficient (Wildman–Crippen LogP) is 3.54. The first-order chi connectivity index (χ1) is 14.7. The lowest BCUT2D eigenvalue weighted by Crippen LogP contribution is -2.50. The molecule has 1 saturated heterocycles. The summed E-state index contributed by atoms with van der Waals surface area (Å²) in [6.45, 7) is 14.0. The molecule has 5 nitrogen and oxygen atoms in total. The van der Waals surface area contributed by atoms with Crippen molar-refractivity contribution in [2.24, 2.45) is 5.73 Å². The summed E-state index contributed by atoms with van der Waals surface area (Å²) in [5.74, 6) is 1.04. The van der Waals surface area contributed by atoms with E-state index in [1.165, 1.54) is 29.5 Å². The average molecular weight is 423 g/mol. The highest BCUT2D eigenvalue weighted by atomic mass is 16.3. The van der Waals surface area contributed by atoms with Crippen LogP contribution in [0.15, 0.2) is 36.4 Å². The number of aliphatic hydroxyl groups is 1. The summed E-state index contributed by atoms with van der Waals surface area (Å²) in [6.07, 6.45) is 2.45. The lowest BCUT2D eigenvalue weighted by molar-refractivity contribution is 0.194. The molecule has 2 aliphatic rings. The van der Waals surface area contributed by atoms with Gasteiger partial charge in [0, 0.05) is 44.3 Å². The number of piperazine rings is 1. The van der Waals surface area contributed by atoms with Gasteiger partial charge in [-0.05, 0) is 53.0 Å². The number of rotatable bonds is 5. The second-order valence-electron chi connectivity index (χ2n) is 10.6. The van der Waals surface area contributed by atoms with Crippen molar-refractivity contribution in [2.45, 2.75) is 57.4 Å². The quantitative estimate of drug-likeness (QED) is 0.772. The molecule has 1 aromatic carbocycles. The number of aliphatic hydroxyl groups excluding tert-OH is 1. The van der Waals surface area contributed by atoms with Crippen LogP contribution in [0.2, 0.25) is 0 Å². The van der Waals surface area contributed by atoms with Gasteiger partial charge >= 0.3 is 0 Å². The van der Waals surface area contributed by atoms with Gasteiger partial charge in [-0.25, -0.2) is 4.98 Å². The van der Waals surface area contributed by atoms with Crippen molar-refractivity contribution in [1.29, 1.82) is 0 Å². The number of pyridine rings is 1. The maximum Gasteiger partial charge on any atom is 0.129 e. The fourth-order valence-corrected chi connectivity index (χ4v) is 5.06. The molecule has 3 N–H and O–H groups in total. The Kier molecular flexibility index (Phi) is 6.12. The Balaban J connectivity index is 1.55. The van der Waals surface area contributed by atoms with Gasteiger partial charge in [-0.1, -0.05) is 45.9 Å². The van der Waals surface area contributed by atoms with Gasteiger partial charge in [-0.15, -0.1) is 0 Å². The summed E-state index contributed by atoms with van der Waals surface area (Å²) in [5, 5.41) is 9.20. The second kappa shape index (κ2) is 8.53. The third-order valence-electron chi connectivity index (χ3n) is 7.31. The zero-order chi connectivity index (χ0) is 22.2. The largest absolute Gasteiger partial charge is 0.395 e. The minimum atomic E-state index is -0.161. The minimum absolute atomic E-state index is 0.0403. The monoisotopic (exact) mass is 422 g/mol. The number of nitrogens with zero attached hydrogens (tertiary/aromatic N) is 3. The van der Waals surface area contributed by atoms with E-state index in [0.717, 1.165) is 44.2 Å². The van der Waals surface area contributed by atoms with E-state index in [0.29, 0.717) is 0 Å². The summed E-state index contributed by atoms with van der Waals surface area (Å²) in [6, 6.07) is 13.2. The number of hydrogen-bond acceptors (Lipinski definition) is 5. The molecule has 31 heavy (non-hydrogen) atoms. The maximum atomic E-state index is 9.20. The lowest BCUT2D eigenvalue weighted by Gasteiger charge is -2.42. The van der Waals surface area contributed by atoms with Crippen molar-refractivity contribution < 1.29 is 5.11 Å². The molecule has 4 rings (SSSR count). The average Bonchev–Trinajstić information content (AvgIpc) is 2.77. The van der Waals surface area contributed by atoms with Crippen LogP contribution in [-0.4, -0.2) is 60.4 Å². The van der Waals surface area contributed by atoms with Crippen molar-refractivity contribution in [3.05, 3.63) is 47.5 Å². The molecule has 0 bridgehead atoms. The highest BCUT2D eigenvalue weighted by Gasteiger charge is 2.37. The van der Waals surface area contributed by atoms with Gasteiger partial charge in [0.05, 0.1) is 12.3 Å². The Morgan fingerprint density at radius 1 is 0.968 bits per heavy atom. The maximum absolute atomic E-state index is 9.20. The van der Waals surface area contributed by atoms with Gasteiger partial charge in [-0.3, -0.25) is 4.90 Å². The van der Waals surface area contributed by atoms with Crippen LogP contribution < -0.4 is 10.6 Å². The van der Waals surface area contributed by atoms with E-state index in [1.807, 2.05) is 0 Å². The molecule has 2 aromatic rings. The molecule has 1 aliphatic heterocycles. The summed E-state index contributed by atoms with van der Waals surface area (Å²) >= 11 is 0. The van der Waals surface area contributed by atoms with Crippen LogP contribution in [0.3, 0.4) is 0 Å². The van der Waals surface area contributed by atoms with Gasteiger partial charge in [0.1, 0.15) is 5.82 Å². The lowest BCUT2D eigenvalue weighted by atomic mass is 9.63. The van der Waals surface area contributed by atoms with Crippen LogP contribution in [0.25, 0.3) is 11.3 Å². The smallest absolute Gasteiger partial charge is 0.129 e. The normalized spacial score (nSPS) is 21.5. The SMILES string of the molecule is CC1(C)CCC(C)(C)c2cc(-c3cccc(N4CCN(CC(N)CO)CC4)n3)ccc21. The standard InChI is InChI=1S/C26H38N4O/c1-25(2)10-11-26(3,4)22-16-19(8-9-21(22)25)23-6-5-7-24(28-23)30-14-12-29(13-15-30)17-20(27)18-31/h5-9,16,20,31H,10-15,17-18,27H2,1-4H3. The fourth-order valence-electron chi connectivity index (χ4n) is 5.06. The van der Waals surface area contributed by atoms with Crippen LogP contribution in [0.1, 0.15) is 51.7 Å². The third-order valence-corrected chi connectivity index (χ3v) is 7.31. The molecule has 2 heterocycles. The number of aromatic nitrogens is 1.